The van der Waals surface area contributed by atoms with E-state index in [0.717, 1.165) is 16.4 Å². The minimum atomic E-state index is -4.15. The van der Waals surface area contributed by atoms with Crippen molar-refractivity contribution in [3.8, 4) is 5.75 Å². The van der Waals surface area contributed by atoms with Crippen molar-refractivity contribution in [3.63, 3.8) is 0 Å². The zero-order chi connectivity index (χ0) is 23.1. The first-order valence-corrected chi connectivity index (χ1v) is 11.3. The zero-order valence-corrected chi connectivity index (χ0v) is 18.1. The van der Waals surface area contributed by atoms with E-state index in [2.05, 4.69) is 5.32 Å². The molecule has 0 radical (unpaired) electrons. The Hall–Kier alpha value is -3.46. The highest BCUT2D eigenvalue weighted by Crippen LogP contribution is 2.25. The third-order valence-corrected chi connectivity index (χ3v) is 6.29. The Balaban J connectivity index is 1.84. The number of ether oxygens (including phenoxy) is 1. The van der Waals surface area contributed by atoms with Gasteiger partial charge in [0.2, 0.25) is 5.91 Å². The van der Waals surface area contributed by atoms with Crippen LogP contribution in [0, 0.1) is 11.6 Å². The molecule has 0 fully saturated rings. The molecular weight excluding hydrogens is 438 g/mol. The molecule has 0 saturated heterocycles. The summed E-state index contributed by atoms with van der Waals surface area (Å²) in [6.45, 7) is 1.72. The van der Waals surface area contributed by atoms with E-state index in [1.165, 1.54) is 54.6 Å². The number of hydrogen-bond donors (Lipinski definition) is 1. The molecule has 0 aliphatic carbocycles. The van der Waals surface area contributed by atoms with Crippen molar-refractivity contribution < 1.29 is 26.7 Å². The van der Waals surface area contributed by atoms with E-state index in [0.29, 0.717) is 17.9 Å². The quantitative estimate of drug-likeness (QED) is 0.526. The number of sulfonamides is 1. The van der Waals surface area contributed by atoms with Crippen molar-refractivity contribution in [1.29, 1.82) is 0 Å². The first-order valence-electron chi connectivity index (χ1n) is 9.82. The lowest BCUT2D eigenvalue weighted by Gasteiger charge is -2.24. The molecular formula is C23H22F2N2O4S. The molecule has 1 N–H and O–H groups in total. The number of halogens is 2. The van der Waals surface area contributed by atoms with Gasteiger partial charge >= 0.3 is 0 Å². The average molecular weight is 461 g/mol. The van der Waals surface area contributed by atoms with Gasteiger partial charge in [0.1, 0.15) is 23.9 Å². The van der Waals surface area contributed by atoms with Crippen LogP contribution in [0.15, 0.2) is 77.7 Å². The van der Waals surface area contributed by atoms with Gasteiger partial charge in [0, 0.05) is 6.54 Å². The lowest BCUT2D eigenvalue weighted by Crippen LogP contribution is -2.40. The Morgan fingerprint density at radius 3 is 2.28 bits per heavy atom. The molecule has 6 nitrogen and oxygen atoms in total. The highest BCUT2D eigenvalue weighted by molar-refractivity contribution is 7.92. The summed E-state index contributed by atoms with van der Waals surface area (Å²) in [5.74, 6) is -1.08. The molecule has 0 bridgehead atoms. The van der Waals surface area contributed by atoms with E-state index < -0.39 is 34.1 Å². The molecule has 0 saturated carbocycles. The third kappa shape index (κ3) is 5.82. The molecule has 0 unspecified atom stereocenters. The smallest absolute Gasteiger partial charge is 0.264 e. The highest BCUT2D eigenvalue weighted by Gasteiger charge is 2.27. The molecule has 0 atom stereocenters. The van der Waals surface area contributed by atoms with E-state index in [1.54, 1.807) is 6.07 Å². The standard InChI is InChI=1S/C23H22F2N2O4S/c1-2-31-21-10-12-22(13-11-21)32(29,30)27(20-8-6-18(24)7-9-20)16-23(28)26-15-17-4-3-5-19(25)14-17/h3-14H,2,15-16H2,1H3,(H,26,28). The largest absolute Gasteiger partial charge is 0.494 e. The van der Waals surface area contributed by atoms with E-state index in [9.17, 15) is 22.0 Å². The summed E-state index contributed by atoms with van der Waals surface area (Å²) in [6.07, 6.45) is 0. The van der Waals surface area contributed by atoms with Crippen molar-refractivity contribution in [2.45, 2.75) is 18.4 Å². The molecule has 0 aliphatic heterocycles. The molecule has 3 aromatic carbocycles. The van der Waals surface area contributed by atoms with Crippen LogP contribution >= 0.6 is 0 Å². The second kappa shape index (κ2) is 10.2. The van der Waals surface area contributed by atoms with Gasteiger partial charge in [-0.3, -0.25) is 9.10 Å². The number of hydrogen-bond acceptors (Lipinski definition) is 4. The molecule has 0 spiro atoms. The number of rotatable bonds is 9. The Morgan fingerprint density at radius 1 is 0.969 bits per heavy atom. The van der Waals surface area contributed by atoms with Crippen molar-refractivity contribution in [3.05, 3.63) is 90.0 Å². The van der Waals surface area contributed by atoms with E-state index >= 15 is 0 Å². The summed E-state index contributed by atoms with van der Waals surface area (Å²) in [5, 5.41) is 2.58. The number of amides is 1. The summed E-state index contributed by atoms with van der Waals surface area (Å²) in [4.78, 5) is 12.5. The maximum absolute atomic E-state index is 13.4. The first-order chi connectivity index (χ1) is 15.3. The van der Waals surface area contributed by atoms with Gasteiger partial charge in [0.15, 0.2) is 0 Å². The SMILES string of the molecule is CCOc1ccc(S(=O)(=O)N(CC(=O)NCc2cccc(F)c2)c2ccc(F)cc2)cc1. The van der Waals surface area contributed by atoms with Gasteiger partial charge in [0.05, 0.1) is 17.2 Å². The minimum Gasteiger partial charge on any atom is -0.494 e. The van der Waals surface area contributed by atoms with Crippen molar-refractivity contribution >= 4 is 21.6 Å². The summed E-state index contributed by atoms with van der Waals surface area (Å²) in [6, 6.07) is 16.3. The van der Waals surface area contributed by atoms with Crippen LogP contribution in [-0.2, 0) is 21.4 Å². The lowest BCUT2D eigenvalue weighted by molar-refractivity contribution is -0.119. The molecule has 9 heteroatoms. The van der Waals surface area contributed by atoms with Crippen LogP contribution in [0.5, 0.6) is 5.75 Å². The van der Waals surface area contributed by atoms with Crippen LogP contribution in [0.3, 0.4) is 0 Å². The zero-order valence-electron chi connectivity index (χ0n) is 17.3. The van der Waals surface area contributed by atoms with Crippen molar-refractivity contribution in [2.24, 2.45) is 0 Å². The summed E-state index contributed by atoms with van der Waals surface area (Å²) in [5.41, 5.74) is 0.655. The Kier molecular flexibility index (Phi) is 7.42. The van der Waals surface area contributed by atoms with Gasteiger partial charge in [-0.2, -0.15) is 0 Å². The van der Waals surface area contributed by atoms with Gasteiger partial charge in [-0.15, -0.1) is 0 Å². The van der Waals surface area contributed by atoms with Gasteiger partial charge in [-0.05, 0) is 73.2 Å². The molecule has 0 heterocycles. The highest BCUT2D eigenvalue weighted by atomic mass is 32.2. The van der Waals surface area contributed by atoms with Crippen LogP contribution in [0.2, 0.25) is 0 Å². The monoisotopic (exact) mass is 460 g/mol. The van der Waals surface area contributed by atoms with E-state index in [1.807, 2.05) is 6.92 Å². The van der Waals surface area contributed by atoms with Crippen molar-refractivity contribution in [2.75, 3.05) is 17.5 Å². The fraction of sp³-hybridized carbons (Fsp3) is 0.174. The number of nitrogens with zero attached hydrogens (tertiary/aromatic N) is 1. The normalized spacial score (nSPS) is 11.1. The van der Waals surface area contributed by atoms with E-state index in [4.69, 9.17) is 4.74 Å². The second-order valence-corrected chi connectivity index (χ2v) is 8.66. The predicted molar refractivity (Wildman–Crippen MR) is 117 cm³/mol. The molecule has 1 amide bonds. The molecule has 0 aromatic heterocycles. The minimum absolute atomic E-state index is 0.0248. The molecule has 3 aromatic rings. The van der Waals surface area contributed by atoms with Gasteiger partial charge in [-0.25, -0.2) is 17.2 Å². The van der Waals surface area contributed by atoms with Gasteiger partial charge in [0.25, 0.3) is 10.0 Å². The van der Waals surface area contributed by atoms with Crippen LogP contribution < -0.4 is 14.4 Å². The number of nitrogens with one attached hydrogen (secondary N) is 1. The fourth-order valence-electron chi connectivity index (χ4n) is 2.96. The number of carbonyl (C=O) groups excluding carboxylic acids is 1. The molecule has 0 aliphatic rings. The maximum Gasteiger partial charge on any atom is 0.264 e. The topological polar surface area (TPSA) is 75.7 Å². The van der Waals surface area contributed by atoms with Crippen LogP contribution in [0.1, 0.15) is 12.5 Å². The molecule has 32 heavy (non-hydrogen) atoms. The lowest BCUT2D eigenvalue weighted by atomic mass is 10.2. The maximum atomic E-state index is 13.4. The molecule has 168 valence electrons. The van der Waals surface area contributed by atoms with Gasteiger partial charge < -0.3 is 10.1 Å². The van der Waals surface area contributed by atoms with Crippen molar-refractivity contribution in [1.82, 2.24) is 5.32 Å². The number of anilines is 1. The average Bonchev–Trinajstić information content (AvgIpc) is 2.77. The van der Waals surface area contributed by atoms with E-state index in [-0.39, 0.29) is 17.1 Å². The Labute approximate surface area is 185 Å². The van der Waals surface area contributed by atoms with Crippen LogP contribution in [-0.4, -0.2) is 27.5 Å². The number of benzene rings is 3. The van der Waals surface area contributed by atoms with Gasteiger partial charge in [-0.1, -0.05) is 12.1 Å². The van der Waals surface area contributed by atoms with Crippen LogP contribution in [0.4, 0.5) is 14.5 Å². The second-order valence-electron chi connectivity index (χ2n) is 6.80. The fourth-order valence-corrected chi connectivity index (χ4v) is 4.38. The summed E-state index contributed by atoms with van der Waals surface area (Å²) < 4.78 is 59.6. The third-order valence-electron chi connectivity index (χ3n) is 4.50. The summed E-state index contributed by atoms with van der Waals surface area (Å²) in [7, 11) is -4.15. The number of carbonyl (C=O) groups is 1. The first kappa shape index (κ1) is 23.2. The summed E-state index contributed by atoms with van der Waals surface area (Å²) >= 11 is 0. The Morgan fingerprint density at radius 2 is 1.66 bits per heavy atom. The predicted octanol–water partition coefficient (Wildman–Crippen LogP) is 3.88. The Bertz CT molecular complexity index is 1170. The molecule has 3 rings (SSSR count). The van der Waals surface area contributed by atoms with Crippen LogP contribution in [0.25, 0.3) is 0 Å².